The number of halogens is 1. The molecule has 0 unspecified atom stereocenters. The van der Waals surface area contributed by atoms with Crippen LogP contribution in [0.4, 0.5) is 5.69 Å². The predicted octanol–water partition coefficient (Wildman–Crippen LogP) is 4.15. The van der Waals surface area contributed by atoms with Crippen LogP contribution in [0.1, 0.15) is 42.7 Å². The molecule has 0 aliphatic carbocycles. The number of nitrogens with zero attached hydrogens (tertiary/aromatic N) is 2. The van der Waals surface area contributed by atoms with E-state index < -0.39 is 0 Å². The zero-order valence-corrected chi connectivity index (χ0v) is 13.2. The second-order valence-electron chi connectivity index (χ2n) is 4.94. The molecule has 0 bridgehead atoms. The molecular formula is C16H20ClN3O. The van der Waals surface area contributed by atoms with Crippen LogP contribution in [0.15, 0.2) is 30.5 Å². The van der Waals surface area contributed by atoms with Gasteiger partial charge in [0.1, 0.15) is 0 Å². The summed E-state index contributed by atoms with van der Waals surface area (Å²) in [5.74, 6) is -0.284. The van der Waals surface area contributed by atoms with Crippen molar-refractivity contribution in [3.05, 3.63) is 46.7 Å². The highest BCUT2D eigenvalue weighted by atomic mass is 35.5. The van der Waals surface area contributed by atoms with Gasteiger partial charge in [0.15, 0.2) is 5.69 Å². The van der Waals surface area contributed by atoms with E-state index in [0.29, 0.717) is 11.6 Å². The van der Waals surface area contributed by atoms with Gasteiger partial charge in [-0.2, -0.15) is 5.10 Å². The van der Waals surface area contributed by atoms with Crippen LogP contribution in [0.2, 0.25) is 5.02 Å². The normalized spacial score (nSPS) is 10.6. The molecule has 0 saturated heterocycles. The molecule has 0 spiro atoms. The van der Waals surface area contributed by atoms with Gasteiger partial charge in [0.25, 0.3) is 5.91 Å². The van der Waals surface area contributed by atoms with E-state index in [1.807, 2.05) is 31.2 Å². The van der Waals surface area contributed by atoms with Crippen molar-refractivity contribution in [2.24, 2.45) is 0 Å². The number of benzene rings is 1. The summed E-state index contributed by atoms with van der Waals surface area (Å²) >= 11 is 6.02. The topological polar surface area (TPSA) is 46.9 Å². The molecule has 0 atom stereocenters. The highest BCUT2D eigenvalue weighted by Crippen LogP contribution is 2.17. The van der Waals surface area contributed by atoms with Crippen LogP contribution in [0.5, 0.6) is 0 Å². The van der Waals surface area contributed by atoms with Crippen molar-refractivity contribution in [1.82, 2.24) is 9.78 Å². The van der Waals surface area contributed by atoms with Gasteiger partial charge < -0.3 is 5.32 Å². The maximum absolute atomic E-state index is 12.1. The number of aromatic nitrogens is 2. The Hall–Kier alpha value is -1.81. The van der Waals surface area contributed by atoms with Gasteiger partial charge in [0, 0.05) is 18.4 Å². The minimum absolute atomic E-state index is 0.258. The minimum Gasteiger partial charge on any atom is -0.321 e. The summed E-state index contributed by atoms with van der Waals surface area (Å²) < 4.78 is 1.64. The van der Waals surface area contributed by atoms with Gasteiger partial charge in [-0.15, -0.1) is 0 Å². The van der Waals surface area contributed by atoms with E-state index in [1.165, 1.54) is 18.4 Å². The number of aryl methyl sites for hydroxylation is 2. The SMILES string of the molecule is CCCCc1ccc(NC(=O)c2nn(CC)cc2Cl)cc1. The molecule has 0 aliphatic rings. The zero-order valence-electron chi connectivity index (χ0n) is 12.4. The van der Waals surface area contributed by atoms with Crippen molar-refractivity contribution in [2.45, 2.75) is 39.7 Å². The lowest BCUT2D eigenvalue weighted by atomic mass is 10.1. The average molecular weight is 306 g/mol. The molecule has 0 radical (unpaired) electrons. The quantitative estimate of drug-likeness (QED) is 0.871. The molecule has 2 rings (SSSR count). The van der Waals surface area contributed by atoms with E-state index >= 15 is 0 Å². The molecule has 2 aromatic rings. The van der Waals surface area contributed by atoms with Crippen LogP contribution in [-0.2, 0) is 13.0 Å². The first-order chi connectivity index (χ1) is 10.1. The van der Waals surface area contributed by atoms with Gasteiger partial charge in [0.05, 0.1) is 5.02 Å². The highest BCUT2D eigenvalue weighted by Gasteiger charge is 2.15. The highest BCUT2D eigenvalue weighted by molar-refractivity contribution is 6.34. The number of amides is 1. The maximum Gasteiger partial charge on any atom is 0.277 e. The van der Waals surface area contributed by atoms with Gasteiger partial charge in [-0.1, -0.05) is 37.1 Å². The first kappa shape index (κ1) is 15.6. The summed E-state index contributed by atoms with van der Waals surface area (Å²) in [4.78, 5) is 12.1. The Morgan fingerprint density at radius 3 is 2.57 bits per heavy atom. The van der Waals surface area contributed by atoms with E-state index in [9.17, 15) is 4.79 Å². The largest absolute Gasteiger partial charge is 0.321 e. The third-order valence-corrected chi connectivity index (χ3v) is 3.56. The van der Waals surface area contributed by atoms with E-state index in [0.717, 1.165) is 12.1 Å². The third-order valence-electron chi connectivity index (χ3n) is 3.29. The van der Waals surface area contributed by atoms with Crippen LogP contribution < -0.4 is 5.32 Å². The maximum atomic E-state index is 12.1. The van der Waals surface area contributed by atoms with Crippen molar-refractivity contribution in [2.75, 3.05) is 5.32 Å². The Balaban J connectivity index is 2.03. The van der Waals surface area contributed by atoms with Crippen molar-refractivity contribution in [3.8, 4) is 0 Å². The van der Waals surface area contributed by atoms with Crippen molar-refractivity contribution in [3.63, 3.8) is 0 Å². The molecule has 4 nitrogen and oxygen atoms in total. The Bertz CT molecular complexity index is 604. The Morgan fingerprint density at radius 2 is 2.00 bits per heavy atom. The fraction of sp³-hybridized carbons (Fsp3) is 0.375. The molecule has 112 valence electrons. The molecule has 1 amide bonds. The van der Waals surface area contributed by atoms with Crippen LogP contribution >= 0.6 is 11.6 Å². The lowest BCUT2D eigenvalue weighted by Gasteiger charge is -2.05. The Kier molecular flexibility index (Phi) is 5.39. The number of nitrogens with one attached hydrogen (secondary N) is 1. The summed E-state index contributed by atoms with van der Waals surface area (Å²) in [6.07, 6.45) is 5.08. The van der Waals surface area contributed by atoms with Gasteiger partial charge in [-0.3, -0.25) is 9.48 Å². The number of anilines is 1. The molecule has 0 fully saturated rings. The van der Waals surface area contributed by atoms with Crippen LogP contribution in [-0.4, -0.2) is 15.7 Å². The second-order valence-corrected chi connectivity index (χ2v) is 5.34. The summed E-state index contributed by atoms with van der Waals surface area (Å²) in [6.45, 7) is 4.80. The fourth-order valence-corrected chi connectivity index (χ4v) is 2.28. The number of carbonyl (C=O) groups excluding carboxylic acids is 1. The molecule has 21 heavy (non-hydrogen) atoms. The van der Waals surface area contributed by atoms with E-state index in [4.69, 9.17) is 11.6 Å². The standard InChI is InChI=1S/C16H20ClN3O/c1-3-5-6-12-7-9-13(10-8-12)18-16(21)15-14(17)11-20(4-2)19-15/h7-11H,3-6H2,1-2H3,(H,18,21). The molecule has 5 heteroatoms. The number of rotatable bonds is 6. The molecule has 0 aliphatic heterocycles. The lowest BCUT2D eigenvalue weighted by Crippen LogP contribution is -2.13. The van der Waals surface area contributed by atoms with E-state index in [-0.39, 0.29) is 11.6 Å². The number of hydrogen-bond donors (Lipinski definition) is 1. The van der Waals surface area contributed by atoms with Gasteiger partial charge in [0.2, 0.25) is 0 Å². The summed E-state index contributed by atoms with van der Waals surface area (Å²) in [5, 5.41) is 7.35. The molecule has 1 aromatic carbocycles. The predicted molar refractivity (Wildman–Crippen MR) is 85.9 cm³/mol. The van der Waals surface area contributed by atoms with Crippen molar-refractivity contribution in [1.29, 1.82) is 0 Å². The van der Waals surface area contributed by atoms with Crippen molar-refractivity contribution >= 4 is 23.2 Å². The molecule has 1 aromatic heterocycles. The monoisotopic (exact) mass is 305 g/mol. The molecular weight excluding hydrogens is 286 g/mol. The minimum atomic E-state index is -0.284. The van der Waals surface area contributed by atoms with Gasteiger partial charge in [-0.05, 0) is 37.5 Å². The summed E-state index contributed by atoms with van der Waals surface area (Å²) in [6, 6.07) is 7.90. The molecule has 1 N–H and O–H groups in total. The van der Waals surface area contributed by atoms with Crippen LogP contribution in [0, 0.1) is 0 Å². The Morgan fingerprint density at radius 1 is 1.29 bits per heavy atom. The summed E-state index contributed by atoms with van der Waals surface area (Å²) in [5.41, 5.74) is 2.29. The van der Waals surface area contributed by atoms with E-state index in [1.54, 1.807) is 10.9 Å². The average Bonchev–Trinajstić information content (AvgIpc) is 2.88. The molecule has 1 heterocycles. The first-order valence-electron chi connectivity index (χ1n) is 7.27. The Labute approximate surface area is 130 Å². The third kappa shape index (κ3) is 4.08. The second kappa shape index (κ2) is 7.27. The van der Waals surface area contributed by atoms with E-state index in [2.05, 4.69) is 17.3 Å². The van der Waals surface area contributed by atoms with Gasteiger partial charge in [-0.25, -0.2) is 0 Å². The van der Waals surface area contributed by atoms with Crippen molar-refractivity contribution < 1.29 is 4.79 Å². The lowest BCUT2D eigenvalue weighted by molar-refractivity contribution is 0.102. The van der Waals surface area contributed by atoms with Crippen LogP contribution in [0.25, 0.3) is 0 Å². The zero-order chi connectivity index (χ0) is 15.2. The fourth-order valence-electron chi connectivity index (χ4n) is 2.04. The number of carbonyl (C=O) groups is 1. The van der Waals surface area contributed by atoms with Crippen LogP contribution in [0.3, 0.4) is 0 Å². The van der Waals surface area contributed by atoms with Gasteiger partial charge >= 0.3 is 0 Å². The number of hydrogen-bond acceptors (Lipinski definition) is 2. The number of unbranched alkanes of at least 4 members (excludes halogenated alkanes) is 1. The smallest absolute Gasteiger partial charge is 0.277 e. The molecule has 0 saturated carbocycles. The summed E-state index contributed by atoms with van der Waals surface area (Å²) in [7, 11) is 0. The first-order valence-corrected chi connectivity index (χ1v) is 7.65.